The molecule has 0 fully saturated rings. The van der Waals surface area contributed by atoms with Gasteiger partial charge in [-0.2, -0.15) is 0 Å². The lowest BCUT2D eigenvalue weighted by Gasteiger charge is -2.16. The van der Waals surface area contributed by atoms with Gasteiger partial charge in [0.2, 0.25) is 0 Å². The first-order valence-corrected chi connectivity index (χ1v) is 8.23. The number of carbonyl (C=O) groups excluding carboxylic acids is 3. The van der Waals surface area contributed by atoms with Crippen molar-refractivity contribution in [2.24, 2.45) is 0 Å². The Morgan fingerprint density at radius 3 is 2.28 bits per heavy atom. The Morgan fingerprint density at radius 2 is 1.68 bits per heavy atom. The van der Waals surface area contributed by atoms with Crippen LogP contribution in [0.15, 0.2) is 24.3 Å². The summed E-state index contributed by atoms with van der Waals surface area (Å²) in [5, 5.41) is 4.62. The first kappa shape index (κ1) is 20.5. The molecule has 3 amide bonds. The average Bonchev–Trinajstić information content (AvgIpc) is 2.52. The van der Waals surface area contributed by atoms with Crippen molar-refractivity contribution >= 4 is 17.9 Å². The zero-order chi connectivity index (χ0) is 19.0. The Labute approximate surface area is 148 Å². The van der Waals surface area contributed by atoms with Crippen LogP contribution in [0.4, 0.5) is 4.79 Å². The van der Waals surface area contributed by atoms with Crippen LogP contribution in [0.2, 0.25) is 0 Å². The third kappa shape index (κ3) is 7.24. The maximum absolute atomic E-state index is 11.8. The van der Waals surface area contributed by atoms with Gasteiger partial charge in [-0.15, -0.1) is 0 Å². The van der Waals surface area contributed by atoms with Gasteiger partial charge in [0.25, 0.3) is 5.91 Å². The Hall–Kier alpha value is -2.57. The van der Waals surface area contributed by atoms with E-state index in [4.69, 9.17) is 9.47 Å². The highest BCUT2D eigenvalue weighted by molar-refractivity contribution is 5.97. The van der Waals surface area contributed by atoms with Crippen molar-refractivity contribution in [1.82, 2.24) is 10.6 Å². The van der Waals surface area contributed by atoms with Crippen molar-refractivity contribution in [2.75, 3.05) is 6.61 Å². The van der Waals surface area contributed by atoms with Crippen LogP contribution in [-0.4, -0.2) is 36.7 Å². The number of esters is 1. The van der Waals surface area contributed by atoms with Crippen molar-refractivity contribution in [2.45, 2.75) is 52.7 Å². The van der Waals surface area contributed by atoms with E-state index in [0.717, 1.165) is 5.56 Å². The third-order valence-electron chi connectivity index (χ3n) is 3.22. The predicted octanol–water partition coefficient (Wildman–Crippen LogP) is 2.35. The molecule has 0 unspecified atom stereocenters. The SMILES string of the molecule is CC(C)NC(=O)NC(=O)[C@H](C)OC(=O)COc1ccccc1C(C)C. The zero-order valence-corrected chi connectivity index (χ0v) is 15.3. The van der Waals surface area contributed by atoms with Gasteiger partial charge in [0.05, 0.1) is 0 Å². The monoisotopic (exact) mass is 350 g/mol. The van der Waals surface area contributed by atoms with Crippen molar-refractivity contribution in [1.29, 1.82) is 0 Å². The molecule has 0 radical (unpaired) electrons. The standard InChI is InChI=1S/C18H26N2O5/c1-11(2)14-8-6-7-9-15(14)24-10-16(21)25-13(5)17(22)20-18(23)19-12(3)4/h6-9,11-13H,10H2,1-5H3,(H2,19,20,22,23)/t13-/m0/s1. The molecule has 2 N–H and O–H groups in total. The number of urea groups is 1. The number of carbonyl (C=O) groups is 3. The van der Waals surface area contributed by atoms with Crippen molar-refractivity contribution in [3.8, 4) is 5.75 Å². The van der Waals surface area contributed by atoms with Gasteiger partial charge in [-0.1, -0.05) is 32.0 Å². The lowest BCUT2D eigenvalue weighted by molar-refractivity contribution is -0.156. The fraction of sp³-hybridized carbons (Fsp3) is 0.500. The Bertz CT molecular complexity index is 613. The van der Waals surface area contributed by atoms with E-state index in [2.05, 4.69) is 10.6 Å². The molecule has 25 heavy (non-hydrogen) atoms. The van der Waals surface area contributed by atoms with Crippen LogP contribution in [0.1, 0.15) is 46.1 Å². The van der Waals surface area contributed by atoms with E-state index in [9.17, 15) is 14.4 Å². The Morgan fingerprint density at radius 1 is 1.04 bits per heavy atom. The highest BCUT2D eigenvalue weighted by Crippen LogP contribution is 2.25. The van der Waals surface area contributed by atoms with Crippen molar-refractivity contribution in [3.05, 3.63) is 29.8 Å². The predicted molar refractivity (Wildman–Crippen MR) is 93.4 cm³/mol. The molecule has 0 bridgehead atoms. The summed E-state index contributed by atoms with van der Waals surface area (Å²) in [6.45, 7) is 8.64. The van der Waals surface area contributed by atoms with Crippen LogP contribution in [-0.2, 0) is 14.3 Å². The molecule has 7 nitrogen and oxygen atoms in total. The molecule has 0 saturated heterocycles. The lowest BCUT2D eigenvalue weighted by atomic mass is 10.0. The minimum Gasteiger partial charge on any atom is -0.482 e. The third-order valence-corrected chi connectivity index (χ3v) is 3.22. The summed E-state index contributed by atoms with van der Waals surface area (Å²) in [6.07, 6.45) is -1.10. The van der Waals surface area contributed by atoms with E-state index >= 15 is 0 Å². The molecular weight excluding hydrogens is 324 g/mol. The van der Waals surface area contributed by atoms with Gasteiger partial charge in [0.15, 0.2) is 12.7 Å². The second-order valence-corrected chi connectivity index (χ2v) is 6.23. The van der Waals surface area contributed by atoms with Gasteiger partial charge in [-0.25, -0.2) is 9.59 Å². The summed E-state index contributed by atoms with van der Waals surface area (Å²) < 4.78 is 10.5. The summed E-state index contributed by atoms with van der Waals surface area (Å²) in [7, 11) is 0. The Balaban J connectivity index is 2.49. The molecule has 7 heteroatoms. The van der Waals surface area contributed by atoms with Crippen molar-refractivity contribution < 1.29 is 23.9 Å². The molecule has 1 rings (SSSR count). The van der Waals surface area contributed by atoms with E-state index in [0.29, 0.717) is 5.75 Å². The van der Waals surface area contributed by atoms with Crippen LogP contribution >= 0.6 is 0 Å². The van der Waals surface area contributed by atoms with E-state index in [1.807, 2.05) is 32.0 Å². The number of amides is 3. The molecule has 0 aliphatic heterocycles. The fourth-order valence-electron chi connectivity index (χ4n) is 2.02. The quantitative estimate of drug-likeness (QED) is 0.736. The van der Waals surface area contributed by atoms with Gasteiger partial charge < -0.3 is 14.8 Å². The summed E-state index contributed by atoms with van der Waals surface area (Å²) >= 11 is 0. The first-order chi connectivity index (χ1) is 11.7. The molecule has 0 aliphatic rings. The van der Waals surface area contributed by atoms with Crippen LogP contribution in [0, 0.1) is 0 Å². The molecule has 138 valence electrons. The lowest BCUT2D eigenvalue weighted by Crippen LogP contribution is -2.46. The molecular formula is C18H26N2O5. The van der Waals surface area contributed by atoms with E-state index in [1.165, 1.54) is 6.92 Å². The van der Waals surface area contributed by atoms with Crippen LogP contribution in [0.25, 0.3) is 0 Å². The molecule has 0 spiro atoms. The summed E-state index contributed by atoms with van der Waals surface area (Å²) in [4.78, 5) is 35.1. The average molecular weight is 350 g/mol. The molecule has 1 atom stereocenters. The number of para-hydroxylation sites is 1. The second kappa shape index (κ2) is 9.66. The molecule has 0 aromatic heterocycles. The summed E-state index contributed by atoms with van der Waals surface area (Å²) in [6, 6.07) is 6.67. The van der Waals surface area contributed by atoms with Gasteiger partial charge in [0.1, 0.15) is 5.75 Å². The number of nitrogens with one attached hydrogen (secondary N) is 2. The first-order valence-electron chi connectivity index (χ1n) is 8.23. The largest absolute Gasteiger partial charge is 0.482 e. The maximum atomic E-state index is 11.8. The van der Waals surface area contributed by atoms with E-state index in [-0.39, 0.29) is 18.6 Å². The molecule has 0 saturated carbocycles. The molecule has 1 aromatic carbocycles. The number of hydrogen-bond donors (Lipinski definition) is 2. The fourth-order valence-corrected chi connectivity index (χ4v) is 2.02. The minimum absolute atomic E-state index is 0.111. The molecule has 1 aromatic rings. The number of benzene rings is 1. The maximum Gasteiger partial charge on any atom is 0.344 e. The summed E-state index contributed by atoms with van der Waals surface area (Å²) in [5.41, 5.74) is 0.978. The van der Waals surface area contributed by atoms with Gasteiger partial charge >= 0.3 is 12.0 Å². The number of ether oxygens (including phenoxy) is 2. The smallest absolute Gasteiger partial charge is 0.344 e. The second-order valence-electron chi connectivity index (χ2n) is 6.23. The number of hydrogen-bond acceptors (Lipinski definition) is 5. The number of rotatable bonds is 7. The number of imide groups is 1. The zero-order valence-electron chi connectivity index (χ0n) is 15.3. The summed E-state index contributed by atoms with van der Waals surface area (Å²) in [5.74, 6) is -0.543. The normalized spacial score (nSPS) is 11.8. The van der Waals surface area contributed by atoms with Gasteiger partial charge in [-0.05, 0) is 38.3 Å². The van der Waals surface area contributed by atoms with Crippen LogP contribution in [0.5, 0.6) is 5.75 Å². The topological polar surface area (TPSA) is 93.7 Å². The van der Waals surface area contributed by atoms with E-state index in [1.54, 1.807) is 19.9 Å². The van der Waals surface area contributed by atoms with Gasteiger partial charge in [0, 0.05) is 6.04 Å². The van der Waals surface area contributed by atoms with Crippen LogP contribution < -0.4 is 15.4 Å². The Kier molecular flexibility index (Phi) is 7.91. The van der Waals surface area contributed by atoms with Crippen molar-refractivity contribution in [3.63, 3.8) is 0 Å². The highest BCUT2D eigenvalue weighted by Gasteiger charge is 2.20. The molecule has 0 aliphatic carbocycles. The van der Waals surface area contributed by atoms with Crippen LogP contribution in [0.3, 0.4) is 0 Å². The van der Waals surface area contributed by atoms with Gasteiger partial charge in [-0.3, -0.25) is 10.1 Å². The molecule has 0 heterocycles. The highest BCUT2D eigenvalue weighted by atomic mass is 16.6. The van der Waals surface area contributed by atoms with E-state index < -0.39 is 24.0 Å². The minimum atomic E-state index is -1.10.